The van der Waals surface area contributed by atoms with Gasteiger partial charge >= 0.3 is 5.97 Å². The minimum atomic E-state index is -0.714. The van der Waals surface area contributed by atoms with E-state index < -0.39 is 30.4 Å². The summed E-state index contributed by atoms with van der Waals surface area (Å²) in [4.78, 5) is 20.7. The van der Waals surface area contributed by atoms with Crippen LogP contribution in [0.5, 0.6) is 0 Å². The van der Waals surface area contributed by atoms with Crippen LogP contribution in [0.15, 0.2) is 18.6 Å². The summed E-state index contributed by atoms with van der Waals surface area (Å²) in [5, 5.41) is 9.56. The summed E-state index contributed by atoms with van der Waals surface area (Å²) in [5.74, 6) is -0.538. The van der Waals surface area contributed by atoms with E-state index >= 15 is 0 Å². The normalized spacial score (nSPS) is 24.8. The molecule has 25 heavy (non-hydrogen) atoms. The van der Waals surface area contributed by atoms with E-state index in [9.17, 15) is 9.90 Å². The molecule has 136 valence electrons. The molecule has 0 aliphatic carbocycles. The average molecular weight is 349 g/mol. The Morgan fingerprint density at radius 3 is 2.96 bits per heavy atom. The smallest absolute Gasteiger partial charge is 0.323 e. The number of rotatable bonds is 5. The average Bonchev–Trinajstić information content (AvgIpc) is 3.18. The van der Waals surface area contributed by atoms with Crippen molar-refractivity contribution in [3.05, 3.63) is 18.6 Å². The van der Waals surface area contributed by atoms with Crippen LogP contribution in [0.3, 0.4) is 0 Å². The Hall–Kier alpha value is -2.23. The highest BCUT2D eigenvalue weighted by Gasteiger charge is 2.40. The van der Waals surface area contributed by atoms with Crippen LogP contribution < -0.4 is 11.5 Å². The Kier molecular flexibility index (Phi) is 4.89. The second-order valence-electron chi connectivity index (χ2n) is 6.52. The van der Waals surface area contributed by atoms with Gasteiger partial charge in [0.15, 0.2) is 5.65 Å². The van der Waals surface area contributed by atoms with E-state index in [-0.39, 0.29) is 12.5 Å². The van der Waals surface area contributed by atoms with Crippen LogP contribution in [0, 0.1) is 5.92 Å². The van der Waals surface area contributed by atoms with Crippen molar-refractivity contribution in [3.63, 3.8) is 0 Å². The van der Waals surface area contributed by atoms with Crippen molar-refractivity contribution in [2.24, 2.45) is 11.7 Å². The summed E-state index contributed by atoms with van der Waals surface area (Å²) >= 11 is 0. The zero-order valence-electron chi connectivity index (χ0n) is 14.2. The van der Waals surface area contributed by atoms with E-state index in [1.807, 2.05) is 13.8 Å². The molecule has 0 saturated carbocycles. The van der Waals surface area contributed by atoms with E-state index in [2.05, 4.69) is 9.97 Å². The van der Waals surface area contributed by atoms with Crippen molar-refractivity contribution < 1.29 is 19.4 Å². The molecule has 0 amide bonds. The number of nitrogens with two attached hydrogens (primary N) is 2. The lowest BCUT2D eigenvalue weighted by molar-refractivity contribution is -0.155. The number of hydrogen-bond acceptors (Lipinski definition) is 8. The Bertz CT molecular complexity index is 762. The molecule has 2 aromatic heterocycles. The first kappa shape index (κ1) is 17.6. The number of imidazole rings is 1. The van der Waals surface area contributed by atoms with Crippen LogP contribution in [0.2, 0.25) is 0 Å². The van der Waals surface area contributed by atoms with Crippen molar-refractivity contribution in [2.75, 3.05) is 12.3 Å². The van der Waals surface area contributed by atoms with Gasteiger partial charge in [-0.15, -0.1) is 0 Å². The molecule has 9 heteroatoms. The van der Waals surface area contributed by atoms with Gasteiger partial charge in [0.2, 0.25) is 0 Å². The molecule has 1 aliphatic rings. The summed E-state index contributed by atoms with van der Waals surface area (Å²) in [5.41, 5.74) is 13.4. The Labute approximate surface area is 144 Å². The zero-order valence-corrected chi connectivity index (χ0v) is 14.2. The van der Waals surface area contributed by atoms with Gasteiger partial charge < -0.3 is 26.0 Å². The molecule has 0 radical (unpaired) electrons. The highest BCUT2D eigenvalue weighted by atomic mass is 16.6. The first-order valence-corrected chi connectivity index (χ1v) is 8.21. The molecule has 2 aromatic rings. The first-order chi connectivity index (χ1) is 11.9. The van der Waals surface area contributed by atoms with E-state index in [1.54, 1.807) is 23.2 Å². The minimum absolute atomic E-state index is 0.0389. The van der Waals surface area contributed by atoms with Crippen LogP contribution in [-0.2, 0) is 14.3 Å². The summed E-state index contributed by atoms with van der Waals surface area (Å²) in [6.45, 7) is 3.42. The number of esters is 1. The predicted octanol–water partition coefficient (Wildman–Crippen LogP) is 0.188. The highest BCUT2D eigenvalue weighted by molar-refractivity contribution is 5.83. The predicted molar refractivity (Wildman–Crippen MR) is 90.2 cm³/mol. The first-order valence-electron chi connectivity index (χ1n) is 8.21. The second kappa shape index (κ2) is 6.95. The number of nitrogens with zero attached hydrogens (tertiary/aromatic N) is 3. The fourth-order valence-corrected chi connectivity index (χ4v) is 2.82. The van der Waals surface area contributed by atoms with Crippen molar-refractivity contribution >= 4 is 22.8 Å². The number of carbonyl (C=O) groups is 1. The molecule has 4 atom stereocenters. The molecule has 1 aliphatic heterocycles. The van der Waals surface area contributed by atoms with Crippen molar-refractivity contribution in [2.45, 2.75) is 44.7 Å². The molecule has 1 fully saturated rings. The Balaban J connectivity index is 1.79. The van der Waals surface area contributed by atoms with Crippen LogP contribution in [0.25, 0.3) is 11.2 Å². The lowest BCUT2D eigenvalue weighted by atomic mass is 10.1. The maximum Gasteiger partial charge on any atom is 0.323 e. The van der Waals surface area contributed by atoms with Gasteiger partial charge in [0.05, 0.1) is 18.6 Å². The molecule has 0 spiro atoms. The Morgan fingerprint density at radius 2 is 2.28 bits per heavy atom. The number of carbonyl (C=O) groups excluding carboxylic acids is 1. The molecule has 0 bridgehead atoms. The number of aliphatic hydroxyl groups excluding tert-OH is 1. The van der Waals surface area contributed by atoms with Crippen LogP contribution in [0.4, 0.5) is 5.69 Å². The maximum absolute atomic E-state index is 12.1. The molecular formula is C16H23N5O4. The van der Waals surface area contributed by atoms with Gasteiger partial charge in [0, 0.05) is 12.6 Å². The molecule has 1 saturated heterocycles. The molecule has 2 unspecified atom stereocenters. The molecule has 5 N–H and O–H groups in total. The molecule has 3 heterocycles. The number of anilines is 1. The van der Waals surface area contributed by atoms with Crippen LogP contribution >= 0.6 is 0 Å². The fraction of sp³-hybridized carbons (Fsp3) is 0.562. The van der Waals surface area contributed by atoms with E-state index in [1.165, 1.54) is 0 Å². The van der Waals surface area contributed by atoms with Gasteiger partial charge in [0.25, 0.3) is 0 Å². The number of hydrogen-bond donors (Lipinski definition) is 3. The van der Waals surface area contributed by atoms with Gasteiger partial charge in [-0.1, -0.05) is 13.8 Å². The van der Waals surface area contributed by atoms with Crippen molar-refractivity contribution in [1.29, 1.82) is 0 Å². The summed E-state index contributed by atoms with van der Waals surface area (Å²) in [6, 6.07) is 0.956. The topological polar surface area (TPSA) is 139 Å². The SMILES string of the molecule is CC(C)C(N)C(=O)OC1C[C@H](n2cnc3c(N)ccnc32)O[C@@H]1CO. The molecular weight excluding hydrogens is 326 g/mol. The lowest BCUT2D eigenvalue weighted by Gasteiger charge is -2.20. The van der Waals surface area contributed by atoms with E-state index in [0.29, 0.717) is 23.3 Å². The monoisotopic (exact) mass is 349 g/mol. The van der Waals surface area contributed by atoms with Crippen molar-refractivity contribution in [3.8, 4) is 0 Å². The second-order valence-corrected chi connectivity index (χ2v) is 6.52. The number of aliphatic hydroxyl groups is 1. The van der Waals surface area contributed by atoms with Crippen LogP contribution in [-0.4, -0.2) is 50.5 Å². The third kappa shape index (κ3) is 3.30. The van der Waals surface area contributed by atoms with Gasteiger partial charge in [-0.2, -0.15) is 0 Å². The number of pyridine rings is 1. The zero-order chi connectivity index (χ0) is 18.1. The van der Waals surface area contributed by atoms with Crippen LogP contribution in [0.1, 0.15) is 26.5 Å². The molecule has 9 nitrogen and oxygen atoms in total. The molecule has 0 aromatic carbocycles. The van der Waals surface area contributed by atoms with Gasteiger partial charge in [-0.3, -0.25) is 9.36 Å². The van der Waals surface area contributed by atoms with Gasteiger partial charge in [-0.05, 0) is 12.0 Å². The third-order valence-electron chi connectivity index (χ3n) is 4.42. The standard InChI is InChI=1S/C16H23N5O4/c1-8(2)13(18)16(23)25-10-5-12(24-11(10)6-22)21-7-20-14-9(17)3-4-19-15(14)21/h3-4,7-8,10-13,22H,5-6,18H2,1-2H3,(H2,17,19)/t10?,11-,12-,13?/m1/s1. The summed E-state index contributed by atoms with van der Waals surface area (Å²) in [6.07, 6.45) is 1.84. The number of aromatic nitrogens is 3. The minimum Gasteiger partial charge on any atom is -0.458 e. The maximum atomic E-state index is 12.1. The largest absolute Gasteiger partial charge is 0.458 e. The lowest BCUT2D eigenvalue weighted by Crippen LogP contribution is -2.41. The fourth-order valence-electron chi connectivity index (χ4n) is 2.82. The number of ether oxygens (including phenoxy) is 2. The number of fused-ring (bicyclic) bond motifs is 1. The molecule has 3 rings (SSSR count). The van der Waals surface area contributed by atoms with Gasteiger partial charge in [0.1, 0.15) is 30.0 Å². The van der Waals surface area contributed by atoms with E-state index in [0.717, 1.165) is 0 Å². The van der Waals surface area contributed by atoms with Crippen molar-refractivity contribution in [1.82, 2.24) is 14.5 Å². The number of nitrogen functional groups attached to an aromatic ring is 1. The van der Waals surface area contributed by atoms with E-state index in [4.69, 9.17) is 20.9 Å². The summed E-state index contributed by atoms with van der Waals surface area (Å²) < 4.78 is 13.0. The third-order valence-corrected chi connectivity index (χ3v) is 4.42. The Morgan fingerprint density at radius 1 is 1.52 bits per heavy atom. The highest BCUT2D eigenvalue weighted by Crippen LogP contribution is 2.33. The quantitative estimate of drug-likeness (QED) is 0.650. The van der Waals surface area contributed by atoms with Gasteiger partial charge in [-0.25, -0.2) is 9.97 Å². The summed E-state index contributed by atoms with van der Waals surface area (Å²) in [7, 11) is 0.